The summed E-state index contributed by atoms with van der Waals surface area (Å²) in [6.45, 7) is 7.78. The van der Waals surface area contributed by atoms with E-state index in [-0.39, 0.29) is 29.5 Å². The highest BCUT2D eigenvalue weighted by Gasteiger charge is 2.13. The quantitative estimate of drug-likeness (QED) is 0.329. The van der Waals surface area contributed by atoms with E-state index in [1.165, 1.54) is 38.4 Å². The zero-order valence-corrected chi connectivity index (χ0v) is 20.0. The molecule has 0 heterocycles. The van der Waals surface area contributed by atoms with E-state index in [9.17, 15) is 9.90 Å². The average molecular weight is 466 g/mol. The number of allylic oxidation sites excluding steroid dienone is 1. The molecule has 2 aromatic carbocycles. The summed E-state index contributed by atoms with van der Waals surface area (Å²) in [5.41, 5.74) is 0.895. The fourth-order valence-electron chi connectivity index (χ4n) is 3.19. The Morgan fingerprint density at radius 3 is 2.12 bits per heavy atom. The monoisotopic (exact) mass is 465 g/mol. The minimum atomic E-state index is -0.328. The Morgan fingerprint density at radius 2 is 1.62 bits per heavy atom. The van der Waals surface area contributed by atoms with Crippen LogP contribution < -0.4 is 36.3 Å². The van der Waals surface area contributed by atoms with Gasteiger partial charge in [0.15, 0.2) is 17.3 Å². The largest absolute Gasteiger partial charge is 1.00 e. The SMILES string of the molecule is CC[NH+](CC)CCOc1ccc(C(=O)/C=C/c2cc(OC)c(OC)c(OC)c2)c(O)c1.[Cl-]. The molecule has 32 heavy (non-hydrogen) atoms. The third kappa shape index (κ3) is 7.07. The summed E-state index contributed by atoms with van der Waals surface area (Å²) in [4.78, 5) is 14.0. The number of quaternary nitrogens is 1. The molecule has 0 aliphatic heterocycles. The van der Waals surface area contributed by atoms with Crippen molar-refractivity contribution >= 4 is 11.9 Å². The van der Waals surface area contributed by atoms with E-state index < -0.39 is 0 Å². The molecular formula is C24H32ClNO6. The Hall–Kier alpha value is -2.90. The number of carbonyl (C=O) groups is 1. The molecule has 0 fully saturated rings. The van der Waals surface area contributed by atoms with Gasteiger partial charge in [-0.05, 0) is 49.8 Å². The molecule has 2 N–H and O–H groups in total. The van der Waals surface area contributed by atoms with Crippen molar-refractivity contribution in [2.24, 2.45) is 0 Å². The van der Waals surface area contributed by atoms with Crippen molar-refractivity contribution in [1.29, 1.82) is 0 Å². The molecule has 0 saturated carbocycles. The summed E-state index contributed by atoms with van der Waals surface area (Å²) in [5, 5.41) is 10.3. The summed E-state index contributed by atoms with van der Waals surface area (Å²) in [6, 6.07) is 8.20. The van der Waals surface area contributed by atoms with Gasteiger partial charge in [0.2, 0.25) is 5.75 Å². The van der Waals surface area contributed by atoms with Gasteiger partial charge < -0.3 is 41.4 Å². The van der Waals surface area contributed by atoms with Crippen LogP contribution in [0.5, 0.6) is 28.7 Å². The highest BCUT2D eigenvalue weighted by Crippen LogP contribution is 2.38. The Balaban J connectivity index is 0.00000512. The van der Waals surface area contributed by atoms with E-state index >= 15 is 0 Å². The van der Waals surface area contributed by atoms with Crippen molar-refractivity contribution in [2.45, 2.75) is 13.8 Å². The van der Waals surface area contributed by atoms with Crippen molar-refractivity contribution in [2.75, 3.05) is 47.6 Å². The van der Waals surface area contributed by atoms with Crippen molar-refractivity contribution in [3.05, 3.63) is 47.5 Å². The smallest absolute Gasteiger partial charge is 0.203 e. The van der Waals surface area contributed by atoms with Crippen molar-refractivity contribution in [3.8, 4) is 28.7 Å². The third-order valence-electron chi connectivity index (χ3n) is 5.07. The lowest BCUT2D eigenvalue weighted by atomic mass is 10.1. The van der Waals surface area contributed by atoms with Crippen molar-refractivity contribution < 1.29 is 46.2 Å². The number of ether oxygens (including phenoxy) is 4. The second kappa shape index (κ2) is 13.5. The normalized spacial score (nSPS) is 10.7. The number of carbonyl (C=O) groups excluding carboxylic acids is 1. The molecule has 2 rings (SSSR count). The van der Waals surface area contributed by atoms with Gasteiger partial charge in [-0.15, -0.1) is 0 Å². The standard InChI is InChI=1S/C24H31NO6.ClH/c1-6-25(7-2)12-13-31-18-9-10-19(21(27)16-18)20(26)11-8-17-14-22(28-3)24(30-5)23(15-17)29-4;/h8-11,14-16,27H,6-7,12-13H2,1-5H3;1H/b11-8+;. The first-order valence-electron chi connectivity index (χ1n) is 10.3. The number of nitrogens with one attached hydrogen (secondary N) is 1. The minimum Gasteiger partial charge on any atom is -1.00 e. The molecule has 0 aromatic heterocycles. The van der Waals surface area contributed by atoms with Crippen LogP contribution in [0.15, 0.2) is 36.4 Å². The number of rotatable bonds is 12. The van der Waals surface area contributed by atoms with Gasteiger partial charge in [0.05, 0.1) is 40.0 Å². The molecule has 0 radical (unpaired) electrons. The molecule has 0 atom stereocenters. The maximum absolute atomic E-state index is 12.6. The number of hydrogen-bond acceptors (Lipinski definition) is 6. The predicted octanol–water partition coefficient (Wildman–Crippen LogP) is -0.378. The van der Waals surface area contributed by atoms with Crippen molar-refractivity contribution in [3.63, 3.8) is 0 Å². The molecule has 0 spiro atoms. The van der Waals surface area contributed by atoms with Gasteiger partial charge in [-0.3, -0.25) is 4.79 Å². The Labute approximate surface area is 196 Å². The molecule has 0 amide bonds. The molecule has 0 saturated heterocycles. The molecule has 0 unspecified atom stereocenters. The van der Waals surface area contributed by atoms with E-state index in [1.54, 1.807) is 30.3 Å². The lowest BCUT2D eigenvalue weighted by molar-refractivity contribution is -0.896. The molecule has 0 aliphatic carbocycles. The first-order chi connectivity index (χ1) is 15.0. The van der Waals surface area contributed by atoms with Crippen LogP contribution in [0.3, 0.4) is 0 Å². The molecule has 0 aliphatic rings. The van der Waals surface area contributed by atoms with Crippen LogP contribution in [0.2, 0.25) is 0 Å². The Morgan fingerprint density at radius 1 is 1.00 bits per heavy atom. The first kappa shape index (κ1) is 27.1. The number of likely N-dealkylation sites (N-methyl/N-ethyl adjacent to an activating group) is 1. The third-order valence-corrected chi connectivity index (χ3v) is 5.07. The fraction of sp³-hybridized carbons (Fsp3) is 0.375. The fourth-order valence-corrected chi connectivity index (χ4v) is 3.19. The number of hydrogen-bond donors (Lipinski definition) is 2. The van der Waals surface area contributed by atoms with E-state index in [0.29, 0.717) is 35.2 Å². The lowest BCUT2D eigenvalue weighted by Crippen LogP contribution is -3.12. The van der Waals surface area contributed by atoms with Crippen molar-refractivity contribution in [1.82, 2.24) is 0 Å². The maximum atomic E-state index is 12.6. The van der Waals surface area contributed by atoms with Gasteiger partial charge in [0.1, 0.15) is 24.7 Å². The first-order valence-corrected chi connectivity index (χ1v) is 10.3. The highest BCUT2D eigenvalue weighted by atomic mass is 35.5. The lowest BCUT2D eigenvalue weighted by Gasteiger charge is -2.15. The number of phenols is 1. The summed E-state index contributed by atoms with van der Waals surface area (Å²) in [7, 11) is 4.59. The number of methoxy groups -OCH3 is 3. The maximum Gasteiger partial charge on any atom is 0.203 e. The summed E-state index contributed by atoms with van der Waals surface area (Å²) >= 11 is 0. The van der Waals surface area contributed by atoms with Gasteiger partial charge in [0, 0.05) is 6.07 Å². The second-order valence-corrected chi connectivity index (χ2v) is 6.89. The molecular weight excluding hydrogens is 434 g/mol. The second-order valence-electron chi connectivity index (χ2n) is 6.89. The van der Waals surface area contributed by atoms with Gasteiger partial charge >= 0.3 is 0 Å². The summed E-state index contributed by atoms with van der Waals surface area (Å²) in [6.07, 6.45) is 3.02. The van der Waals surface area contributed by atoms with E-state index in [0.717, 1.165) is 19.6 Å². The van der Waals surface area contributed by atoms with Crippen LogP contribution in [0.4, 0.5) is 0 Å². The Kier molecular flexibility index (Phi) is 11.4. The number of aromatic hydroxyl groups is 1. The van der Waals surface area contributed by atoms with Crippen LogP contribution in [0.25, 0.3) is 6.08 Å². The van der Waals surface area contributed by atoms with Crippen LogP contribution in [-0.4, -0.2) is 58.5 Å². The molecule has 8 heteroatoms. The topological polar surface area (TPSA) is 78.7 Å². The van der Waals surface area contributed by atoms with Crippen LogP contribution in [0, 0.1) is 0 Å². The Bertz CT molecular complexity index is 886. The van der Waals surface area contributed by atoms with Gasteiger partial charge in [-0.1, -0.05) is 6.08 Å². The number of ketones is 1. The molecule has 2 aromatic rings. The van der Waals surface area contributed by atoms with Gasteiger partial charge in [0.25, 0.3) is 0 Å². The van der Waals surface area contributed by atoms with Crippen LogP contribution in [-0.2, 0) is 0 Å². The van der Waals surface area contributed by atoms with Gasteiger partial charge in [-0.2, -0.15) is 0 Å². The molecule has 0 bridgehead atoms. The number of phenolic OH excluding ortho intramolecular Hbond substituents is 1. The minimum absolute atomic E-state index is 0. The van der Waals surface area contributed by atoms with Gasteiger partial charge in [-0.25, -0.2) is 0 Å². The number of benzene rings is 2. The summed E-state index contributed by atoms with van der Waals surface area (Å²) in [5.74, 6) is 1.55. The van der Waals surface area contributed by atoms with Crippen LogP contribution >= 0.6 is 0 Å². The van der Waals surface area contributed by atoms with E-state index in [1.807, 2.05) is 0 Å². The highest BCUT2D eigenvalue weighted by molar-refractivity contribution is 6.08. The predicted molar refractivity (Wildman–Crippen MR) is 120 cm³/mol. The average Bonchev–Trinajstić information content (AvgIpc) is 2.79. The van der Waals surface area contributed by atoms with Crippen LogP contribution in [0.1, 0.15) is 29.8 Å². The van der Waals surface area contributed by atoms with E-state index in [2.05, 4.69) is 13.8 Å². The molecule has 7 nitrogen and oxygen atoms in total. The number of halogens is 1. The molecule has 176 valence electrons. The zero-order valence-electron chi connectivity index (χ0n) is 19.2. The zero-order chi connectivity index (χ0) is 22.8. The van der Waals surface area contributed by atoms with E-state index in [4.69, 9.17) is 18.9 Å². The summed E-state index contributed by atoms with van der Waals surface area (Å²) < 4.78 is 21.7.